The molecule has 0 atom stereocenters. The molecule has 1 amide bonds. The molecule has 0 aliphatic heterocycles. The fourth-order valence-corrected chi connectivity index (χ4v) is 3.82. The number of aromatic nitrogens is 3. The van der Waals surface area contributed by atoms with Gasteiger partial charge < -0.3 is 5.32 Å². The van der Waals surface area contributed by atoms with Crippen LogP contribution in [0.15, 0.2) is 60.7 Å². The van der Waals surface area contributed by atoms with Crippen LogP contribution in [-0.4, -0.2) is 20.7 Å². The molecular formula is C25H24N4O. The van der Waals surface area contributed by atoms with Crippen molar-refractivity contribution in [3.8, 4) is 5.69 Å². The van der Waals surface area contributed by atoms with Gasteiger partial charge in [-0.05, 0) is 50.5 Å². The monoisotopic (exact) mass is 396 g/mol. The number of hydrogen-bond donors (Lipinski definition) is 1. The van der Waals surface area contributed by atoms with Crippen LogP contribution >= 0.6 is 0 Å². The number of carbonyl (C=O) groups excluding carboxylic acids is 1. The van der Waals surface area contributed by atoms with E-state index in [1.54, 1.807) is 0 Å². The highest BCUT2D eigenvalue weighted by Gasteiger charge is 2.29. The predicted molar refractivity (Wildman–Crippen MR) is 118 cm³/mol. The zero-order valence-corrected chi connectivity index (χ0v) is 17.2. The molecule has 2 heterocycles. The second-order valence-electron chi connectivity index (χ2n) is 8.07. The molecule has 1 saturated carbocycles. The topological polar surface area (TPSA) is 59.8 Å². The lowest BCUT2D eigenvalue weighted by atomic mass is 10.1. The predicted octanol–water partition coefficient (Wildman–Crippen LogP) is 4.84. The third kappa shape index (κ3) is 3.47. The average Bonchev–Trinajstić information content (AvgIpc) is 3.57. The van der Waals surface area contributed by atoms with E-state index in [1.807, 2.05) is 60.1 Å². The number of nitrogens with zero attached hydrogens (tertiary/aromatic N) is 3. The van der Waals surface area contributed by atoms with Crippen LogP contribution in [0.3, 0.4) is 0 Å². The minimum atomic E-state index is -0.0836. The second-order valence-corrected chi connectivity index (χ2v) is 8.07. The zero-order valence-electron chi connectivity index (χ0n) is 17.2. The van der Waals surface area contributed by atoms with E-state index in [-0.39, 0.29) is 5.91 Å². The van der Waals surface area contributed by atoms with Crippen molar-refractivity contribution in [2.45, 2.75) is 39.2 Å². The second kappa shape index (κ2) is 7.41. The molecule has 5 heteroatoms. The van der Waals surface area contributed by atoms with E-state index < -0.39 is 0 Å². The maximum absolute atomic E-state index is 13.2. The summed E-state index contributed by atoms with van der Waals surface area (Å²) in [4.78, 5) is 18.1. The van der Waals surface area contributed by atoms with Crippen LogP contribution in [0.2, 0.25) is 0 Å². The minimum Gasteiger partial charge on any atom is -0.348 e. The van der Waals surface area contributed by atoms with E-state index in [0.29, 0.717) is 18.0 Å². The van der Waals surface area contributed by atoms with Crippen LogP contribution < -0.4 is 5.32 Å². The first-order valence-electron chi connectivity index (χ1n) is 10.4. The number of rotatable bonds is 5. The van der Waals surface area contributed by atoms with Crippen LogP contribution in [0.25, 0.3) is 16.7 Å². The zero-order chi connectivity index (χ0) is 20.7. The molecule has 0 radical (unpaired) electrons. The largest absolute Gasteiger partial charge is 0.348 e. The Balaban J connectivity index is 1.58. The van der Waals surface area contributed by atoms with Crippen LogP contribution in [0.1, 0.15) is 51.6 Å². The molecular weight excluding hydrogens is 372 g/mol. The van der Waals surface area contributed by atoms with Crippen molar-refractivity contribution >= 4 is 16.9 Å². The number of hydrogen-bond acceptors (Lipinski definition) is 3. The van der Waals surface area contributed by atoms with E-state index in [4.69, 9.17) is 10.1 Å². The number of fused-ring (bicyclic) bond motifs is 1. The van der Waals surface area contributed by atoms with Crippen molar-refractivity contribution < 1.29 is 4.79 Å². The van der Waals surface area contributed by atoms with Crippen molar-refractivity contribution in [1.29, 1.82) is 0 Å². The van der Waals surface area contributed by atoms with Crippen LogP contribution in [0.5, 0.6) is 0 Å². The molecule has 0 saturated heterocycles. The Labute approximate surface area is 175 Å². The average molecular weight is 396 g/mol. The summed E-state index contributed by atoms with van der Waals surface area (Å²) in [7, 11) is 0. The molecule has 150 valence electrons. The van der Waals surface area contributed by atoms with Crippen LogP contribution in [0.4, 0.5) is 0 Å². The van der Waals surface area contributed by atoms with Crippen molar-refractivity contribution in [3.05, 3.63) is 88.7 Å². The van der Waals surface area contributed by atoms with Gasteiger partial charge in [0.05, 0.1) is 22.3 Å². The number of aryl methyl sites for hydroxylation is 2. The Kier molecular flexibility index (Phi) is 4.58. The molecule has 1 N–H and O–H groups in total. The summed E-state index contributed by atoms with van der Waals surface area (Å²) >= 11 is 0. The van der Waals surface area contributed by atoms with E-state index in [2.05, 4.69) is 24.4 Å². The summed E-state index contributed by atoms with van der Waals surface area (Å²) in [5, 5.41) is 8.64. The molecule has 0 spiro atoms. The third-order valence-electron chi connectivity index (χ3n) is 5.65. The summed E-state index contributed by atoms with van der Waals surface area (Å²) in [6.07, 6.45) is 2.25. The first-order valence-corrected chi connectivity index (χ1v) is 10.4. The van der Waals surface area contributed by atoms with Crippen molar-refractivity contribution in [1.82, 2.24) is 20.1 Å². The lowest BCUT2D eigenvalue weighted by molar-refractivity contribution is 0.0952. The highest BCUT2D eigenvalue weighted by molar-refractivity contribution is 6.06. The molecule has 0 unspecified atom stereocenters. The summed E-state index contributed by atoms with van der Waals surface area (Å²) in [6.45, 7) is 4.50. The SMILES string of the molecule is Cc1ccc(-n2nc(C)c3c(C(=O)NCc4ccccc4)cc(C4CC4)nc32)cc1. The first-order chi connectivity index (χ1) is 14.6. The smallest absolute Gasteiger partial charge is 0.252 e. The fourth-order valence-electron chi connectivity index (χ4n) is 3.82. The first kappa shape index (κ1) is 18.6. The summed E-state index contributed by atoms with van der Waals surface area (Å²) in [6, 6.07) is 20.1. The van der Waals surface area contributed by atoms with Crippen molar-refractivity contribution in [3.63, 3.8) is 0 Å². The number of benzene rings is 2. The van der Waals surface area contributed by atoms with E-state index in [9.17, 15) is 4.79 Å². The highest BCUT2D eigenvalue weighted by atomic mass is 16.1. The van der Waals surface area contributed by atoms with Gasteiger partial charge in [-0.15, -0.1) is 0 Å². The van der Waals surface area contributed by atoms with Gasteiger partial charge >= 0.3 is 0 Å². The van der Waals surface area contributed by atoms with Gasteiger partial charge in [0.25, 0.3) is 5.91 Å². The molecule has 1 aliphatic rings. The Morgan fingerprint density at radius 2 is 1.80 bits per heavy atom. The summed E-state index contributed by atoms with van der Waals surface area (Å²) < 4.78 is 1.87. The van der Waals surface area contributed by atoms with Gasteiger partial charge in [0.1, 0.15) is 0 Å². The fraction of sp³-hybridized carbons (Fsp3) is 0.240. The standard InChI is InChI=1S/C25H24N4O/c1-16-8-12-20(13-9-16)29-24-23(17(2)28-29)21(14-22(27-24)19-10-11-19)25(30)26-15-18-6-4-3-5-7-18/h3-9,12-14,19H,10-11,15H2,1-2H3,(H,26,30). The number of pyridine rings is 1. The number of nitrogens with one attached hydrogen (secondary N) is 1. The number of carbonyl (C=O) groups is 1. The quantitative estimate of drug-likeness (QED) is 0.525. The molecule has 2 aromatic carbocycles. The summed E-state index contributed by atoms with van der Waals surface area (Å²) in [5.41, 5.74) is 6.44. The Morgan fingerprint density at radius 1 is 1.07 bits per heavy atom. The molecule has 5 rings (SSSR count). The van der Waals surface area contributed by atoms with E-state index in [0.717, 1.165) is 46.5 Å². The maximum atomic E-state index is 13.2. The highest BCUT2D eigenvalue weighted by Crippen LogP contribution is 2.40. The minimum absolute atomic E-state index is 0.0836. The van der Waals surface area contributed by atoms with Crippen LogP contribution in [0, 0.1) is 13.8 Å². The van der Waals surface area contributed by atoms with Gasteiger partial charge in [0, 0.05) is 18.2 Å². The van der Waals surface area contributed by atoms with Gasteiger partial charge in [-0.25, -0.2) is 9.67 Å². The molecule has 1 aliphatic carbocycles. The molecule has 5 nitrogen and oxygen atoms in total. The molecule has 30 heavy (non-hydrogen) atoms. The molecule has 1 fully saturated rings. The Hall–Kier alpha value is -3.47. The maximum Gasteiger partial charge on any atom is 0.252 e. The van der Waals surface area contributed by atoms with Gasteiger partial charge in [0.2, 0.25) is 0 Å². The molecule has 2 aromatic heterocycles. The third-order valence-corrected chi connectivity index (χ3v) is 5.65. The Bertz CT molecular complexity index is 1220. The summed E-state index contributed by atoms with van der Waals surface area (Å²) in [5.74, 6) is 0.358. The van der Waals surface area contributed by atoms with Crippen LogP contribution in [-0.2, 0) is 6.54 Å². The van der Waals surface area contributed by atoms with E-state index in [1.165, 1.54) is 5.56 Å². The normalized spacial score (nSPS) is 13.5. The molecule has 4 aromatic rings. The number of amides is 1. The lowest BCUT2D eigenvalue weighted by Gasteiger charge is -2.10. The van der Waals surface area contributed by atoms with Gasteiger partial charge in [-0.1, -0.05) is 48.0 Å². The van der Waals surface area contributed by atoms with Gasteiger partial charge in [0.15, 0.2) is 5.65 Å². The molecule has 0 bridgehead atoms. The van der Waals surface area contributed by atoms with Gasteiger partial charge in [-0.3, -0.25) is 4.79 Å². The van der Waals surface area contributed by atoms with Gasteiger partial charge in [-0.2, -0.15) is 5.10 Å². The van der Waals surface area contributed by atoms with Crippen molar-refractivity contribution in [2.75, 3.05) is 0 Å². The Morgan fingerprint density at radius 3 is 2.50 bits per heavy atom. The lowest BCUT2D eigenvalue weighted by Crippen LogP contribution is -2.23. The van der Waals surface area contributed by atoms with Crippen molar-refractivity contribution in [2.24, 2.45) is 0 Å². The van der Waals surface area contributed by atoms with E-state index >= 15 is 0 Å².